The van der Waals surface area contributed by atoms with Crippen molar-refractivity contribution in [2.45, 2.75) is 18.3 Å². The number of hydrogen-bond donors (Lipinski definition) is 1. The van der Waals surface area contributed by atoms with Crippen LogP contribution in [0.3, 0.4) is 0 Å². The highest BCUT2D eigenvalue weighted by molar-refractivity contribution is 5.91. The van der Waals surface area contributed by atoms with E-state index in [9.17, 15) is 4.79 Å². The van der Waals surface area contributed by atoms with E-state index in [-0.39, 0.29) is 18.1 Å². The fourth-order valence-electron chi connectivity index (χ4n) is 3.78. The molecule has 2 aliphatic heterocycles. The fraction of sp³-hybridized carbons (Fsp3) is 0.348. The van der Waals surface area contributed by atoms with E-state index in [1.807, 2.05) is 30.3 Å². The minimum absolute atomic E-state index is 0.123. The summed E-state index contributed by atoms with van der Waals surface area (Å²) in [5.74, 6) is 2.13. The van der Waals surface area contributed by atoms with Crippen LogP contribution in [0.25, 0.3) is 6.08 Å². The zero-order valence-corrected chi connectivity index (χ0v) is 16.5. The van der Waals surface area contributed by atoms with Gasteiger partial charge in [-0.25, -0.2) is 0 Å². The van der Waals surface area contributed by atoms with Crippen LogP contribution in [0, 0.1) is 0 Å². The van der Waals surface area contributed by atoms with Crippen LogP contribution in [-0.2, 0) is 14.9 Å². The summed E-state index contributed by atoms with van der Waals surface area (Å²) in [5, 5.41) is 3.07. The van der Waals surface area contributed by atoms with Crippen molar-refractivity contribution >= 4 is 12.0 Å². The number of fused-ring (bicyclic) bond motifs is 1. The molecule has 0 unspecified atom stereocenters. The lowest BCUT2D eigenvalue weighted by Gasteiger charge is -2.38. The molecular formula is C23H25NO5. The molecule has 0 saturated carbocycles. The first-order valence-electron chi connectivity index (χ1n) is 9.76. The average molecular weight is 395 g/mol. The first-order valence-corrected chi connectivity index (χ1v) is 9.76. The maximum atomic E-state index is 12.5. The van der Waals surface area contributed by atoms with Gasteiger partial charge in [0.15, 0.2) is 11.5 Å². The highest BCUT2D eigenvalue weighted by atomic mass is 16.7. The highest BCUT2D eigenvalue weighted by Gasteiger charge is 2.34. The third-order valence-corrected chi connectivity index (χ3v) is 5.58. The predicted octanol–water partition coefficient (Wildman–Crippen LogP) is 3.30. The number of nitrogens with one attached hydrogen (secondary N) is 1. The molecule has 0 aliphatic carbocycles. The quantitative estimate of drug-likeness (QED) is 0.761. The normalized spacial score (nSPS) is 17.3. The van der Waals surface area contributed by atoms with Crippen molar-refractivity contribution in [3.8, 4) is 17.2 Å². The number of amides is 1. The smallest absolute Gasteiger partial charge is 0.244 e. The van der Waals surface area contributed by atoms with Gasteiger partial charge in [-0.2, -0.15) is 0 Å². The number of carbonyl (C=O) groups excluding carboxylic acids is 1. The van der Waals surface area contributed by atoms with Crippen LogP contribution in [0.15, 0.2) is 48.5 Å². The van der Waals surface area contributed by atoms with E-state index in [0.717, 1.165) is 29.9 Å². The van der Waals surface area contributed by atoms with Gasteiger partial charge in [-0.3, -0.25) is 4.79 Å². The van der Waals surface area contributed by atoms with Gasteiger partial charge in [0.2, 0.25) is 12.7 Å². The summed E-state index contributed by atoms with van der Waals surface area (Å²) < 4.78 is 21.5. The van der Waals surface area contributed by atoms with Crippen LogP contribution in [0.4, 0.5) is 0 Å². The van der Waals surface area contributed by atoms with E-state index in [0.29, 0.717) is 25.5 Å². The van der Waals surface area contributed by atoms with Crippen molar-refractivity contribution < 1.29 is 23.7 Å². The molecule has 0 radical (unpaired) electrons. The minimum atomic E-state index is -0.132. The van der Waals surface area contributed by atoms with Crippen LogP contribution in [-0.4, -0.2) is 39.6 Å². The van der Waals surface area contributed by atoms with Crippen molar-refractivity contribution in [2.24, 2.45) is 0 Å². The zero-order chi connectivity index (χ0) is 20.1. The number of methoxy groups -OCH3 is 1. The molecule has 0 spiro atoms. The lowest BCUT2D eigenvalue weighted by Crippen LogP contribution is -2.44. The summed E-state index contributed by atoms with van der Waals surface area (Å²) in [7, 11) is 1.66. The lowest BCUT2D eigenvalue weighted by atomic mass is 9.74. The largest absolute Gasteiger partial charge is 0.497 e. The van der Waals surface area contributed by atoms with E-state index >= 15 is 0 Å². The molecule has 1 amide bonds. The molecule has 2 aliphatic rings. The average Bonchev–Trinajstić information content (AvgIpc) is 3.25. The Balaban J connectivity index is 1.42. The van der Waals surface area contributed by atoms with E-state index in [4.69, 9.17) is 18.9 Å². The summed E-state index contributed by atoms with van der Waals surface area (Å²) >= 11 is 0. The van der Waals surface area contributed by atoms with Gasteiger partial charge >= 0.3 is 0 Å². The Kier molecular flexibility index (Phi) is 5.71. The fourth-order valence-corrected chi connectivity index (χ4v) is 3.78. The van der Waals surface area contributed by atoms with Gasteiger partial charge in [-0.15, -0.1) is 0 Å². The summed E-state index contributed by atoms with van der Waals surface area (Å²) in [6, 6.07) is 13.7. The molecule has 1 saturated heterocycles. The summed E-state index contributed by atoms with van der Waals surface area (Å²) in [6.07, 6.45) is 5.07. The molecule has 0 aromatic heterocycles. The maximum Gasteiger partial charge on any atom is 0.244 e. The Morgan fingerprint density at radius 3 is 2.62 bits per heavy atom. The molecule has 1 fully saturated rings. The van der Waals surface area contributed by atoms with Crippen LogP contribution in [0.2, 0.25) is 0 Å². The van der Waals surface area contributed by atoms with Gasteiger partial charge in [0.05, 0.1) is 7.11 Å². The lowest BCUT2D eigenvalue weighted by molar-refractivity contribution is -0.116. The molecule has 0 bridgehead atoms. The predicted molar refractivity (Wildman–Crippen MR) is 109 cm³/mol. The Labute approximate surface area is 170 Å². The number of ether oxygens (including phenoxy) is 4. The van der Waals surface area contributed by atoms with Gasteiger partial charge in [0.1, 0.15) is 5.75 Å². The van der Waals surface area contributed by atoms with Crippen LogP contribution >= 0.6 is 0 Å². The van der Waals surface area contributed by atoms with Gasteiger partial charge in [-0.1, -0.05) is 18.2 Å². The van der Waals surface area contributed by atoms with Gasteiger partial charge < -0.3 is 24.3 Å². The molecule has 6 heteroatoms. The van der Waals surface area contributed by atoms with Gasteiger partial charge in [0, 0.05) is 31.2 Å². The molecule has 1 N–H and O–H groups in total. The number of hydrogen-bond acceptors (Lipinski definition) is 5. The number of carbonyl (C=O) groups is 1. The molecule has 2 aromatic rings. The Bertz CT molecular complexity index is 885. The van der Waals surface area contributed by atoms with Crippen LogP contribution in [0.1, 0.15) is 24.0 Å². The first-order chi connectivity index (χ1) is 14.2. The summed E-state index contributed by atoms with van der Waals surface area (Å²) in [5.41, 5.74) is 1.95. The molecule has 2 aromatic carbocycles. The SMILES string of the molecule is COc1ccc(C2(CNC(=O)/C=C/c3ccc4c(c3)OCO4)CCOCC2)cc1. The third-order valence-electron chi connectivity index (χ3n) is 5.58. The summed E-state index contributed by atoms with van der Waals surface area (Å²) in [6.45, 7) is 2.18. The maximum absolute atomic E-state index is 12.5. The van der Waals surface area contributed by atoms with Crippen molar-refractivity contribution in [2.75, 3.05) is 33.7 Å². The topological polar surface area (TPSA) is 66.0 Å². The van der Waals surface area contributed by atoms with Gasteiger partial charge in [-0.05, 0) is 54.3 Å². The number of benzene rings is 2. The Hall–Kier alpha value is -2.99. The first kappa shape index (κ1) is 19.3. The Morgan fingerprint density at radius 1 is 1.10 bits per heavy atom. The number of rotatable bonds is 6. The van der Waals surface area contributed by atoms with Crippen molar-refractivity contribution in [3.05, 3.63) is 59.7 Å². The molecule has 6 nitrogen and oxygen atoms in total. The molecule has 2 heterocycles. The third kappa shape index (κ3) is 4.38. The van der Waals surface area contributed by atoms with Crippen molar-refractivity contribution in [1.29, 1.82) is 0 Å². The highest BCUT2D eigenvalue weighted by Crippen LogP contribution is 2.35. The second-order valence-electron chi connectivity index (χ2n) is 7.29. The second-order valence-corrected chi connectivity index (χ2v) is 7.29. The second kappa shape index (κ2) is 8.57. The molecule has 29 heavy (non-hydrogen) atoms. The minimum Gasteiger partial charge on any atom is -0.497 e. The van der Waals surface area contributed by atoms with Gasteiger partial charge in [0.25, 0.3) is 0 Å². The van der Waals surface area contributed by atoms with Crippen LogP contribution < -0.4 is 19.5 Å². The van der Waals surface area contributed by atoms with E-state index in [1.54, 1.807) is 19.3 Å². The monoisotopic (exact) mass is 395 g/mol. The standard InChI is InChI=1S/C23H25NO5/c1-26-19-6-4-18(5-7-19)23(10-12-27-13-11-23)15-24-22(25)9-3-17-2-8-20-21(14-17)29-16-28-20/h2-9,14H,10-13,15-16H2,1H3,(H,24,25)/b9-3+. The summed E-state index contributed by atoms with van der Waals surface area (Å²) in [4.78, 5) is 12.5. The molecule has 152 valence electrons. The molecular weight excluding hydrogens is 370 g/mol. The van der Waals surface area contributed by atoms with Crippen molar-refractivity contribution in [1.82, 2.24) is 5.32 Å². The van der Waals surface area contributed by atoms with E-state index < -0.39 is 0 Å². The van der Waals surface area contributed by atoms with E-state index in [2.05, 4.69) is 17.4 Å². The zero-order valence-electron chi connectivity index (χ0n) is 16.5. The van der Waals surface area contributed by atoms with E-state index in [1.165, 1.54) is 5.56 Å². The van der Waals surface area contributed by atoms with Crippen molar-refractivity contribution in [3.63, 3.8) is 0 Å². The molecule has 0 atom stereocenters. The molecule has 4 rings (SSSR count). The Morgan fingerprint density at radius 2 is 1.86 bits per heavy atom. The van der Waals surface area contributed by atoms with Crippen LogP contribution in [0.5, 0.6) is 17.2 Å².